The Labute approximate surface area is 176 Å². The Kier molecular flexibility index (Phi) is 5.48. The third-order valence-corrected chi connectivity index (χ3v) is 5.26. The number of benzene rings is 2. The van der Waals surface area contributed by atoms with Gasteiger partial charge in [0, 0.05) is 12.3 Å². The van der Waals surface area contributed by atoms with E-state index in [1.165, 1.54) is 0 Å². The number of nitrogens with zero attached hydrogens (tertiary/aromatic N) is 1. The number of aliphatic hydroxyl groups excluding tert-OH is 2. The van der Waals surface area contributed by atoms with Crippen LogP contribution in [0.25, 0.3) is 11.1 Å². The summed E-state index contributed by atoms with van der Waals surface area (Å²) in [6.07, 6.45) is -5.50. The molecule has 1 aromatic heterocycles. The Bertz CT molecular complexity index is 1160. The summed E-state index contributed by atoms with van der Waals surface area (Å²) >= 11 is 0. The van der Waals surface area contributed by atoms with E-state index >= 15 is 4.39 Å². The highest BCUT2D eigenvalue weighted by molar-refractivity contribution is 5.63. The Morgan fingerprint density at radius 1 is 1.10 bits per heavy atom. The maximum Gasteiger partial charge on any atom is 0.330 e. The Hall–Kier alpha value is -3.27. The third kappa shape index (κ3) is 4.02. The molecule has 0 unspecified atom stereocenters. The van der Waals surface area contributed by atoms with E-state index in [0.717, 1.165) is 34.9 Å². The normalized spacial score (nSPS) is 26.5. The van der Waals surface area contributed by atoms with Crippen LogP contribution < -0.4 is 16.0 Å². The van der Waals surface area contributed by atoms with Gasteiger partial charge in [-0.05, 0) is 30.2 Å². The monoisotopic (exact) mass is 428 g/mol. The molecule has 5 atom stereocenters. The van der Waals surface area contributed by atoms with E-state index in [9.17, 15) is 19.8 Å². The van der Waals surface area contributed by atoms with Crippen LogP contribution in [0.2, 0.25) is 0 Å². The lowest BCUT2D eigenvalue weighted by Gasteiger charge is -2.25. The second kappa shape index (κ2) is 8.10. The van der Waals surface area contributed by atoms with E-state index in [1.54, 1.807) is 24.3 Å². The van der Waals surface area contributed by atoms with Gasteiger partial charge < -0.3 is 19.7 Å². The average Bonchev–Trinajstić information content (AvgIpc) is 2.99. The fraction of sp³-hybridized carbons (Fsp3) is 0.273. The predicted octanol–water partition coefficient (Wildman–Crippen LogP) is 1.59. The largest absolute Gasteiger partial charge is 0.462 e. The van der Waals surface area contributed by atoms with Gasteiger partial charge in [0.1, 0.15) is 11.9 Å². The Balaban J connectivity index is 1.51. The van der Waals surface area contributed by atoms with Crippen molar-refractivity contribution in [3.63, 3.8) is 0 Å². The molecule has 0 bridgehead atoms. The van der Waals surface area contributed by atoms with Crippen molar-refractivity contribution in [3.8, 4) is 16.9 Å². The van der Waals surface area contributed by atoms with Crippen molar-refractivity contribution < 1.29 is 24.1 Å². The van der Waals surface area contributed by atoms with Gasteiger partial charge in [-0.1, -0.05) is 42.5 Å². The predicted molar refractivity (Wildman–Crippen MR) is 109 cm³/mol. The first kappa shape index (κ1) is 21.0. The molecule has 0 radical (unpaired) electrons. The number of aromatic amines is 1. The number of aliphatic hydroxyl groups is 2. The zero-order valence-corrected chi connectivity index (χ0v) is 16.5. The molecule has 9 heteroatoms. The highest BCUT2D eigenvalue weighted by Crippen LogP contribution is 2.41. The molecule has 31 heavy (non-hydrogen) atoms. The SMILES string of the molecule is C[C@@]1(F)[C@H](O)[C@H]([C@H](O)Oc2ccc(-c3ccccc3)cc2)O[C@H]1n1ccc(=O)[nH]c1=O. The van der Waals surface area contributed by atoms with Crippen LogP contribution in [0.3, 0.4) is 0 Å². The van der Waals surface area contributed by atoms with Crippen molar-refractivity contribution >= 4 is 0 Å². The third-order valence-electron chi connectivity index (χ3n) is 5.26. The average molecular weight is 428 g/mol. The molecule has 2 heterocycles. The summed E-state index contributed by atoms with van der Waals surface area (Å²) in [5.74, 6) is 0.285. The fourth-order valence-corrected chi connectivity index (χ4v) is 3.56. The van der Waals surface area contributed by atoms with E-state index in [0.29, 0.717) is 0 Å². The van der Waals surface area contributed by atoms with Crippen LogP contribution in [0.5, 0.6) is 5.75 Å². The second-order valence-corrected chi connectivity index (χ2v) is 7.47. The zero-order chi connectivity index (χ0) is 22.2. The van der Waals surface area contributed by atoms with Crippen LogP contribution in [-0.4, -0.2) is 43.9 Å². The fourth-order valence-electron chi connectivity index (χ4n) is 3.56. The van der Waals surface area contributed by atoms with Gasteiger partial charge in [0.05, 0.1) is 0 Å². The number of ether oxygens (including phenoxy) is 2. The molecule has 3 N–H and O–H groups in total. The minimum absolute atomic E-state index is 0.285. The summed E-state index contributed by atoms with van der Waals surface area (Å²) in [5, 5.41) is 20.9. The van der Waals surface area contributed by atoms with Gasteiger partial charge in [0.2, 0.25) is 6.29 Å². The van der Waals surface area contributed by atoms with Crippen LogP contribution in [-0.2, 0) is 4.74 Å². The van der Waals surface area contributed by atoms with Crippen molar-refractivity contribution in [1.29, 1.82) is 0 Å². The first-order valence-electron chi connectivity index (χ1n) is 9.61. The molecular weight excluding hydrogens is 407 g/mol. The molecular formula is C22H21FN2O6. The molecule has 0 saturated carbocycles. The highest BCUT2D eigenvalue weighted by atomic mass is 19.1. The van der Waals surface area contributed by atoms with E-state index in [1.807, 2.05) is 35.3 Å². The quantitative estimate of drug-likeness (QED) is 0.532. The van der Waals surface area contributed by atoms with Gasteiger partial charge in [0.15, 0.2) is 18.0 Å². The molecule has 0 amide bonds. The van der Waals surface area contributed by atoms with E-state index < -0.39 is 41.6 Å². The minimum atomic E-state index is -2.44. The maximum absolute atomic E-state index is 15.2. The van der Waals surface area contributed by atoms with Gasteiger partial charge >= 0.3 is 5.69 Å². The molecule has 2 aromatic carbocycles. The minimum Gasteiger partial charge on any atom is -0.462 e. The lowest BCUT2D eigenvalue weighted by Crippen LogP contribution is -2.46. The first-order valence-corrected chi connectivity index (χ1v) is 9.61. The molecule has 4 rings (SSSR count). The number of rotatable bonds is 5. The molecule has 8 nitrogen and oxygen atoms in total. The van der Waals surface area contributed by atoms with Crippen LogP contribution in [0.1, 0.15) is 13.2 Å². The highest BCUT2D eigenvalue weighted by Gasteiger charge is 2.58. The van der Waals surface area contributed by atoms with E-state index in [4.69, 9.17) is 9.47 Å². The van der Waals surface area contributed by atoms with Crippen molar-refractivity contribution in [2.75, 3.05) is 0 Å². The van der Waals surface area contributed by atoms with Gasteiger partial charge in [-0.3, -0.25) is 14.3 Å². The molecule has 162 valence electrons. The first-order chi connectivity index (χ1) is 14.8. The van der Waals surface area contributed by atoms with Gasteiger partial charge in [-0.25, -0.2) is 9.18 Å². The number of halogens is 1. The van der Waals surface area contributed by atoms with Crippen molar-refractivity contribution in [2.24, 2.45) is 0 Å². The Morgan fingerprint density at radius 2 is 1.74 bits per heavy atom. The number of aromatic nitrogens is 2. The zero-order valence-electron chi connectivity index (χ0n) is 16.5. The van der Waals surface area contributed by atoms with Gasteiger partial charge in [-0.2, -0.15) is 0 Å². The number of hydrogen-bond acceptors (Lipinski definition) is 6. The molecule has 1 fully saturated rings. The summed E-state index contributed by atoms with van der Waals surface area (Å²) in [6, 6.07) is 17.5. The standard InChI is InChI=1S/C22H21FN2O6/c1-22(23)18(27)17(31-20(22)25-12-11-16(26)24-21(25)29)19(28)30-15-9-7-14(8-10-15)13-5-3-2-4-6-13/h2-12,17-20,27-28H,1H3,(H,24,26,29)/t17-,18-,19-,20-,22-/m1/s1. The molecule has 1 aliphatic rings. The number of H-pyrrole nitrogens is 1. The smallest absolute Gasteiger partial charge is 0.330 e. The van der Waals surface area contributed by atoms with Crippen LogP contribution in [0.15, 0.2) is 76.4 Å². The summed E-state index contributed by atoms with van der Waals surface area (Å²) in [5.41, 5.74) is -2.05. The van der Waals surface area contributed by atoms with E-state index in [2.05, 4.69) is 0 Å². The molecule has 1 aliphatic heterocycles. The number of hydrogen-bond donors (Lipinski definition) is 3. The van der Waals surface area contributed by atoms with E-state index in [-0.39, 0.29) is 5.75 Å². The van der Waals surface area contributed by atoms with Crippen LogP contribution in [0.4, 0.5) is 4.39 Å². The van der Waals surface area contributed by atoms with Gasteiger partial charge in [-0.15, -0.1) is 0 Å². The molecule has 3 aromatic rings. The second-order valence-electron chi connectivity index (χ2n) is 7.47. The van der Waals surface area contributed by atoms with Gasteiger partial charge in [0.25, 0.3) is 5.56 Å². The number of alkyl halides is 1. The summed E-state index contributed by atoms with van der Waals surface area (Å²) < 4.78 is 27.0. The molecule has 0 aliphatic carbocycles. The van der Waals surface area contributed by atoms with Crippen LogP contribution in [0, 0.1) is 0 Å². The van der Waals surface area contributed by atoms with Crippen LogP contribution >= 0.6 is 0 Å². The van der Waals surface area contributed by atoms with Crippen molar-refractivity contribution in [1.82, 2.24) is 9.55 Å². The summed E-state index contributed by atoms with van der Waals surface area (Å²) in [6.45, 7) is 1.04. The topological polar surface area (TPSA) is 114 Å². The lowest BCUT2D eigenvalue weighted by atomic mass is 9.98. The summed E-state index contributed by atoms with van der Waals surface area (Å²) in [4.78, 5) is 25.3. The molecule has 1 saturated heterocycles. The number of nitrogens with one attached hydrogen (secondary N) is 1. The maximum atomic E-state index is 15.2. The summed E-state index contributed by atoms with van der Waals surface area (Å²) in [7, 11) is 0. The van der Waals surface area contributed by atoms with Crippen molar-refractivity contribution in [2.45, 2.75) is 37.3 Å². The van der Waals surface area contributed by atoms with Crippen molar-refractivity contribution in [3.05, 3.63) is 87.7 Å². The molecule has 0 spiro atoms. The Morgan fingerprint density at radius 3 is 2.39 bits per heavy atom. The lowest BCUT2D eigenvalue weighted by molar-refractivity contribution is -0.155.